The first-order valence-electron chi connectivity index (χ1n) is 13.8. The smallest absolute Gasteiger partial charge is 0.265 e. The molecule has 0 aliphatic carbocycles. The highest BCUT2D eigenvalue weighted by molar-refractivity contribution is 9.10. The average molecular weight is 639 g/mol. The fourth-order valence-corrected chi connectivity index (χ4v) is 7.71. The van der Waals surface area contributed by atoms with Crippen LogP contribution in [-0.2, 0) is 18.4 Å². The number of amides is 2. The second-order valence-electron chi connectivity index (χ2n) is 11.2. The van der Waals surface area contributed by atoms with Crippen molar-refractivity contribution < 1.29 is 14.7 Å². The zero-order valence-corrected chi connectivity index (χ0v) is 25.2. The summed E-state index contributed by atoms with van der Waals surface area (Å²) in [7, 11) is 1.84. The van der Waals surface area contributed by atoms with Crippen molar-refractivity contribution in [2.75, 3.05) is 26.2 Å². The number of carbonyl (C=O) groups excluding carboxylic acids is 2. The number of thiophene rings is 1. The molecule has 1 N–H and O–H groups in total. The van der Waals surface area contributed by atoms with Gasteiger partial charge in [0.05, 0.1) is 17.5 Å². The number of aryl methyl sites for hydroxylation is 1. The summed E-state index contributed by atoms with van der Waals surface area (Å²) >= 11 is 4.90. The Balaban J connectivity index is 1.15. The summed E-state index contributed by atoms with van der Waals surface area (Å²) < 4.78 is 4.07. The van der Waals surface area contributed by atoms with E-state index in [0.717, 1.165) is 10.0 Å². The van der Waals surface area contributed by atoms with Gasteiger partial charge in [-0.05, 0) is 58.3 Å². The van der Waals surface area contributed by atoms with Gasteiger partial charge in [0.25, 0.3) is 11.5 Å². The highest BCUT2D eigenvalue weighted by Gasteiger charge is 2.42. The summed E-state index contributed by atoms with van der Waals surface area (Å²) in [6.45, 7) is 1.94. The lowest BCUT2D eigenvalue weighted by Crippen LogP contribution is -2.53. The van der Waals surface area contributed by atoms with Gasteiger partial charge in [0.2, 0.25) is 5.91 Å². The van der Waals surface area contributed by atoms with Gasteiger partial charge in [-0.25, -0.2) is 4.98 Å². The van der Waals surface area contributed by atoms with Crippen LogP contribution in [0.5, 0.6) is 0 Å². The van der Waals surface area contributed by atoms with Crippen LogP contribution < -0.4 is 5.56 Å². The van der Waals surface area contributed by atoms with E-state index in [2.05, 4.69) is 20.9 Å². The number of piperidine rings is 2. The lowest BCUT2D eigenvalue weighted by atomic mass is 9.79. The van der Waals surface area contributed by atoms with Crippen molar-refractivity contribution in [1.29, 1.82) is 0 Å². The molecule has 1 aromatic carbocycles. The molecule has 2 fully saturated rings. The second-order valence-corrected chi connectivity index (χ2v) is 12.9. The maximum atomic E-state index is 13.9. The molecule has 2 amide bonds. The third-order valence-electron chi connectivity index (χ3n) is 8.58. The van der Waals surface area contributed by atoms with Crippen molar-refractivity contribution in [3.63, 3.8) is 0 Å². The number of aliphatic hydroxyl groups is 1. The van der Waals surface area contributed by atoms with Crippen LogP contribution in [0, 0.1) is 5.92 Å². The number of nitrogens with zero attached hydrogens (tertiary/aromatic N) is 5. The molecule has 2 aliphatic heterocycles. The van der Waals surface area contributed by atoms with E-state index in [-0.39, 0.29) is 35.8 Å². The minimum atomic E-state index is -1.10. The Hall–Kier alpha value is -3.28. The van der Waals surface area contributed by atoms with Crippen molar-refractivity contribution in [2.45, 2.75) is 37.3 Å². The zero-order valence-electron chi connectivity index (χ0n) is 22.8. The third-order valence-corrected chi connectivity index (χ3v) is 10.4. The summed E-state index contributed by atoms with van der Waals surface area (Å²) in [5.41, 5.74) is 0.379. The van der Waals surface area contributed by atoms with Crippen LogP contribution in [0.2, 0.25) is 0 Å². The van der Waals surface area contributed by atoms with Gasteiger partial charge in [0, 0.05) is 55.7 Å². The Kier molecular flexibility index (Phi) is 7.60. The number of hydrogen-bond acceptors (Lipinski definition) is 6. The first-order chi connectivity index (χ1) is 19.7. The molecule has 0 saturated carbocycles. The Morgan fingerprint density at radius 2 is 1.85 bits per heavy atom. The van der Waals surface area contributed by atoms with Crippen LogP contribution in [0.4, 0.5) is 0 Å². The van der Waals surface area contributed by atoms with Crippen LogP contribution in [0.15, 0.2) is 69.6 Å². The number of likely N-dealkylation sites (tertiary alicyclic amines) is 2. The molecule has 6 rings (SSSR count). The molecular formula is C30H32BrN5O4S. The second kappa shape index (κ2) is 11.2. The number of benzene rings is 1. The normalized spacial score (nSPS) is 20.9. The van der Waals surface area contributed by atoms with E-state index in [1.807, 2.05) is 58.6 Å². The van der Waals surface area contributed by atoms with Crippen molar-refractivity contribution >= 4 is 50.1 Å². The first kappa shape index (κ1) is 27.9. The van der Waals surface area contributed by atoms with E-state index >= 15 is 0 Å². The average Bonchev–Trinajstić information content (AvgIpc) is 3.59. The Labute approximate surface area is 250 Å². The van der Waals surface area contributed by atoms with E-state index in [1.165, 1.54) is 22.2 Å². The Morgan fingerprint density at radius 1 is 1.10 bits per heavy atom. The van der Waals surface area contributed by atoms with Gasteiger partial charge in [-0.1, -0.05) is 30.3 Å². The van der Waals surface area contributed by atoms with E-state index in [4.69, 9.17) is 0 Å². The summed E-state index contributed by atoms with van der Waals surface area (Å²) in [6, 6.07) is 13.6. The van der Waals surface area contributed by atoms with Crippen molar-refractivity contribution in [2.24, 2.45) is 13.0 Å². The highest BCUT2D eigenvalue weighted by atomic mass is 79.9. The number of carbonyl (C=O) groups is 2. The minimum absolute atomic E-state index is 0.0137. The molecule has 0 unspecified atom stereocenters. The molecule has 214 valence electrons. The van der Waals surface area contributed by atoms with Gasteiger partial charge < -0.3 is 19.5 Å². The molecule has 11 heteroatoms. The van der Waals surface area contributed by atoms with E-state index in [9.17, 15) is 19.5 Å². The monoisotopic (exact) mass is 637 g/mol. The standard InChI is InChI=1S/C30H32BrN5O4S/c1-33-12-7-22-26(33)32-19-36(28(22)38)18-30(40)10-14-34(15-11-30)27(37)21-8-13-35(29(39)25-24(31)9-16-41-25)17-23(21)20-5-3-2-4-6-20/h2-7,9,12,16,19,21,23,40H,8,10-11,13-15,17-18H2,1H3/t21-,23+/m1/s1. The predicted molar refractivity (Wildman–Crippen MR) is 161 cm³/mol. The van der Waals surface area contributed by atoms with Gasteiger partial charge in [-0.15, -0.1) is 11.3 Å². The molecule has 5 heterocycles. The number of fused-ring (bicyclic) bond motifs is 1. The predicted octanol–water partition coefficient (Wildman–Crippen LogP) is 3.86. The van der Waals surface area contributed by atoms with Crippen LogP contribution in [-0.4, -0.2) is 72.6 Å². The zero-order chi connectivity index (χ0) is 28.7. The van der Waals surface area contributed by atoms with E-state index in [0.29, 0.717) is 61.4 Å². The molecule has 3 aromatic heterocycles. The number of rotatable bonds is 5. The molecule has 0 spiro atoms. The molecule has 2 aliphatic rings. The van der Waals surface area contributed by atoms with Crippen molar-refractivity contribution in [3.05, 3.63) is 85.6 Å². The lowest BCUT2D eigenvalue weighted by molar-refractivity contribution is -0.142. The largest absolute Gasteiger partial charge is 0.388 e. The van der Waals surface area contributed by atoms with Crippen molar-refractivity contribution in [3.8, 4) is 0 Å². The van der Waals surface area contributed by atoms with Gasteiger partial charge >= 0.3 is 0 Å². The maximum Gasteiger partial charge on any atom is 0.265 e. The number of aromatic nitrogens is 3. The van der Waals surface area contributed by atoms with Crippen LogP contribution in [0.1, 0.15) is 40.4 Å². The van der Waals surface area contributed by atoms with Crippen LogP contribution >= 0.6 is 27.3 Å². The number of halogens is 1. The minimum Gasteiger partial charge on any atom is -0.388 e. The summed E-state index contributed by atoms with van der Waals surface area (Å²) in [5.74, 6) is -0.329. The summed E-state index contributed by atoms with van der Waals surface area (Å²) in [6.07, 6.45) is 4.61. The molecule has 0 bridgehead atoms. The van der Waals surface area contributed by atoms with Gasteiger partial charge in [0.15, 0.2) is 0 Å². The highest BCUT2D eigenvalue weighted by Crippen LogP contribution is 2.37. The molecule has 41 heavy (non-hydrogen) atoms. The molecule has 0 radical (unpaired) electrons. The van der Waals surface area contributed by atoms with Crippen molar-refractivity contribution in [1.82, 2.24) is 23.9 Å². The Bertz CT molecular complexity index is 1640. The summed E-state index contributed by atoms with van der Waals surface area (Å²) in [5, 5.41) is 13.8. The van der Waals surface area contributed by atoms with Gasteiger partial charge in [-0.3, -0.25) is 19.0 Å². The number of hydrogen-bond donors (Lipinski definition) is 1. The molecular weight excluding hydrogens is 606 g/mol. The topological polar surface area (TPSA) is 101 Å². The SMILES string of the molecule is Cn1ccc2c(=O)n(CC3(O)CCN(C(=O)[C@@H]4CCN(C(=O)c5sccc5Br)C[C@H]4c4ccccc4)CC3)cnc21. The van der Waals surface area contributed by atoms with E-state index < -0.39 is 5.60 Å². The van der Waals surface area contributed by atoms with Crippen LogP contribution in [0.25, 0.3) is 11.0 Å². The van der Waals surface area contributed by atoms with E-state index in [1.54, 1.807) is 16.8 Å². The van der Waals surface area contributed by atoms with Crippen LogP contribution in [0.3, 0.4) is 0 Å². The molecule has 9 nitrogen and oxygen atoms in total. The van der Waals surface area contributed by atoms with Gasteiger partial charge in [0.1, 0.15) is 16.9 Å². The fraction of sp³-hybridized carbons (Fsp3) is 0.400. The third kappa shape index (κ3) is 5.38. The molecule has 4 aromatic rings. The summed E-state index contributed by atoms with van der Waals surface area (Å²) in [4.78, 5) is 49.0. The fourth-order valence-electron chi connectivity index (χ4n) is 6.21. The van der Waals surface area contributed by atoms with Gasteiger partial charge in [-0.2, -0.15) is 0 Å². The lowest BCUT2D eigenvalue weighted by Gasteiger charge is -2.43. The quantitative estimate of drug-likeness (QED) is 0.358. The molecule has 2 atom stereocenters. The molecule has 2 saturated heterocycles. The Morgan fingerprint density at radius 3 is 2.56 bits per heavy atom. The first-order valence-corrected chi connectivity index (χ1v) is 15.5. The maximum absolute atomic E-state index is 13.9.